The number of anilines is 1. The van der Waals surface area contributed by atoms with E-state index >= 15 is 0 Å². The van der Waals surface area contributed by atoms with Crippen molar-refractivity contribution >= 4 is 17.6 Å². The van der Waals surface area contributed by atoms with Gasteiger partial charge in [0.25, 0.3) is 5.91 Å². The first-order valence-corrected chi connectivity index (χ1v) is 12.2. The van der Waals surface area contributed by atoms with Gasteiger partial charge in [0.1, 0.15) is 6.10 Å². The zero-order chi connectivity index (χ0) is 25.5. The van der Waals surface area contributed by atoms with Crippen LogP contribution in [0.25, 0.3) is 0 Å². The number of likely N-dealkylation sites (N-methyl/N-ethyl adjacent to an activating group) is 1. The fourth-order valence-corrected chi connectivity index (χ4v) is 4.25. The Bertz CT molecular complexity index is 998. The van der Waals surface area contributed by atoms with Gasteiger partial charge in [-0.3, -0.25) is 9.69 Å². The molecule has 3 N–H and O–H groups in total. The number of rotatable bonds is 8. The van der Waals surface area contributed by atoms with E-state index in [1.54, 1.807) is 23.1 Å². The Labute approximate surface area is 208 Å². The van der Waals surface area contributed by atoms with E-state index in [2.05, 4.69) is 34.6 Å². The summed E-state index contributed by atoms with van der Waals surface area (Å²) in [5.74, 6) is 0.116. The summed E-state index contributed by atoms with van der Waals surface area (Å²) < 4.78 is 6.53. The second kappa shape index (κ2) is 12.0. The van der Waals surface area contributed by atoms with E-state index in [1.807, 2.05) is 46.0 Å². The third-order valence-corrected chi connectivity index (χ3v) is 6.15. The Hall–Kier alpha value is -3.10. The maximum absolute atomic E-state index is 13.5. The van der Waals surface area contributed by atoms with Gasteiger partial charge >= 0.3 is 6.03 Å². The second-order valence-corrected chi connectivity index (χ2v) is 9.74. The van der Waals surface area contributed by atoms with Crippen LogP contribution in [-0.4, -0.2) is 71.8 Å². The molecule has 0 aliphatic carbocycles. The topological polar surface area (TPSA) is 94.1 Å². The van der Waals surface area contributed by atoms with Gasteiger partial charge in [-0.05, 0) is 45.5 Å². The summed E-state index contributed by atoms with van der Waals surface area (Å²) in [6.07, 6.45) is -0.250. The van der Waals surface area contributed by atoms with Gasteiger partial charge in [-0.2, -0.15) is 0 Å². The lowest BCUT2D eigenvalue weighted by atomic mass is 9.99. The number of nitrogens with one attached hydrogen (secondary N) is 2. The number of ether oxygens (including phenoxy) is 1. The largest absolute Gasteiger partial charge is 0.486 e. The van der Waals surface area contributed by atoms with E-state index in [0.717, 1.165) is 6.54 Å². The molecule has 8 nitrogen and oxygen atoms in total. The molecule has 8 heteroatoms. The van der Waals surface area contributed by atoms with Crippen molar-refractivity contribution in [3.63, 3.8) is 0 Å². The van der Waals surface area contributed by atoms with Gasteiger partial charge in [-0.15, -0.1) is 0 Å². The zero-order valence-electron chi connectivity index (χ0n) is 21.3. The van der Waals surface area contributed by atoms with Gasteiger partial charge in [-0.25, -0.2) is 4.79 Å². The second-order valence-electron chi connectivity index (χ2n) is 9.74. The van der Waals surface area contributed by atoms with Crippen LogP contribution in [0.1, 0.15) is 43.6 Å². The molecule has 0 saturated heterocycles. The molecule has 35 heavy (non-hydrogen) atoms. The van der Waals surface area contributed by atoms with Gasteiger partial charge in [0.2, 0.25) is 0 Å². The summed E-state index contributed by atoms with van der Waals surface area (Å²) in [7, 11) is 2.04. The Morgan fingerprint density at radius 2 is 1.89 bits per heavy atom. The Morgan fingerprint density at radius 3 is 2.54 bits per heavy atom. The van der Waals surface area contributed by atoms with Crippen molar-refractivity contribution in [3.05, 3.63) is 59.7 Å². The van der Waals surface area contributed by atoms with Gasteiger partial charge < -0.3 is 25.4 Å². The van der Waals surface area contributed by atoms with Crippen LogP contribution in [0.4, 0.5) is 10.5 Å². The van der Waals surface area contributed by atoms with Crippen molar-refractivity contribution < 1.29 is 19.4 Å². The molecule has 1 aliphatic rings. The first-order chi connectivity index (χ1) is 16.7. The van der Waals surface area contributed by atoms with Gasteiger partial charge in [0, 0.05) is 31.6 Å². The van der Waals surface area contributed by atoms with Gasteiger partial charge in [0.15, 0.2) is 5.75 Å². The van der Waals surface area contributed by atoms with Crippen LogP contribution < -0.4 is 15.4 Å². The van der Waals surface area contributed by atoms with Crippen LogP contribution in [0.3, 0.4) is 0 Å². The van der Waals surface area contributed by atoms with E-state index in [-0.39, 0.29) is 42.7 Å². The van der Waals surface area contributed by atoms with Crippen LogP contribution in [0.5, 0.6) is 5.75 Å². The fraction of sp³-hybridized carbons (Fsp3) is 0.481. The molecular weight excluding hydrogens is 444 g/mol. The lowest BCUT2D eigenvalue weighted by Gasteiger charge is -2.38. The molecule has 0 unspecified atom stereocenters. The molecule has 1 aliphatic heterocycles. The summed E-state index contributed by atoms with van der Waals surface area (Å²) in [5.41, 5.74) is 2.01. The highest BCUT2D eigenvalue weighted by molar-refractivity contribution is 6.01. The number of aliphatic hydroxyl groups is 1. The number of carbonyl (C=O) groups is 2. The van der Waals surface area contributed by atoms with Crippen LogP contribution in [-0.2, 0) is 6.54 Å². The van der Waals surface area contributed by atoms with Crippen molar-refractivity contribution in [1.29, 1.82) is 0 Å². The number of nitrogens with zero attached hydrogens (tertiary/aromatic N) is 2. The van der Waals surface area contributed by atoms with Crippen molar-refractivity contribution in [2.75, 3.05) is 32.1 Å². The molecular formula is C27H38N4O4. The molecule has 3 rings (SSSR count). The van der Waals surface area contributed by atoms with E-state index in [1.165, 1.54) is 5.56 Å². The lowest BCUT2D eigenvalue weighted by Crippen LogP contribution is -2.49. The van der Waals surface area contributed by atoms with Crippen LogP contribution >= 0.6 is 0 Å². The SMILES string of the molecule is CC(C)NC(=O)Nc1cccc2c1O[C@H](CN(C)Cc1ccccc1)[C@H](C)CN([C@H](C)CO)C2=O. The number of amides is 3. The first-order valence-electron chi connectivity index (χ1n) is 12.2. The number of hydrogen-bond donors (Lipinski definition) is 3. The standard InChI is InChI=1S/C27H38N4O4/c1-18(2)28-27(34)29-23-13-9-12-22-25(23)35-24(16-30(5)15-21-10-7-6-8-11-21)19(3)14-31(26(22)33)20(4)17-32/h6-13,18-20,24,32H,14-17H2,1-5H3,(H2,28,29,34)/t19-,20-,24-/m1/s1. The van der Waals surface area contributed by atoms with Crippen molar-refractivity contribution in [2.45, 2.75) is 52.4 Å². The molecule has 3 amide bonds. The van der Waals surface area contributed by atoms with E-state index in [9.17, 15) is 14.7 Å². The number of aliphatic hydroxyl groups excluding tert-OH is 1. The van der Waals surface area contributed by atoms with Crippen molar-refractivity contribution in [3.8, 4) is 5.75 Å². The fourth-order valence-electron chi connectivity index (χ4n) is 4.25. The minimum atomic E-state index is -0.363. The van der Waals surface area contributed by atoms with Crippen LogP contribution in [0.2, 0.25) is 0 Å². The van der Waals surface area contributed by atoms with Crippen molar-refractivity contribution in [1.82, 2.24) is 15.1 Å². The normalized spacial score (nSPS) is 19.0. The monoisotopic (exact) mass is 482 g/mol. The molecule has 0 bridgehead atoms. The molecule has 0 saturated carbocycles. The maximum atomic E-state index is 13.5. The molecule has 2 aromatic carbocycles. The molecule has 1 heterocycles. The third kappa shape index (κ3) is 6.96. The van der Waals surface area contributed by atoms with Crippen molar-refractivity contribution in [2.24, 2.45) is 5.92 Å². The summed E-state index contributed by atoms with van der Waals surface area (Å²) in [6, 6.07) is 14.7. The van der Waals surface area contributed by atoms with Crippen LogP contribution in [0.15, 0.2) is 48.5 Å². The average molecular weight is 483 g/mol. The number of hydrogen-bond acceptors (Lipinski definition) is 5. The Morgan fingerprint density at radius 1 is 1.17 bits per heavy atom. The van der Waals surface area contributed by atoms with E-state index in [0.29, 0.717) is 30.1 Å². The summed E-state index contributed by atoms with van der Waals surface area (Å²) in [4.78, 5) is 29.9. The minimum Gasteiger partial charge on any atom is -0.486 e. The number of benzene rings is 2. The molecule has 0 aromatic heterocycles. The summed E-state index contributed by atoms with van der Waals surface area (Å²) in [5, 5.41) is 15.5. The highest BCUT2D eigenvalue weighted by Gasteiger charge is 2.34. The number of para-hydroxylation sites is 1. The number of fused-ring (bicyclic) bond motifs is 1. The quantitative estimate of drug-likeness (QED) is 0.535. The molecule has 190 valence electrons. The number of urea groups is 1. The molecule has 0 spiro atoms. The Balaban J connectivity index is 1.94. The molecule has 0 fully saturated rings. The van der Waals surface area contributed by atoms with E-state index in [4.69, 9.17) is 4.74 Å². The third-order valence-electron chi connectivity index (χ3n) is 6.15. The molecule has 2 aromatic rings. The highest BCUT2D eigenvalue weighted by atomic mass is 16.5. The number of carbonyl (C=O) groups excluding carboxylic acids is 2. The minimum absolute atomic E-state index is 0.0168. The maximum Gasteiger partial charge on any atom is 0.319 e. The highest BCUT2D eigenvalue weighted by Crippen LogP contribution is 2.35. The van der Waals surface area contributed by atoms with Crippen LogP contribution in [0, 0.1) is 5.92 Å². The first kappa shape index (κ1) is 26.5. The summed E-state index contributed by atoms with van der Waals surface area (Å²) in [6.45, 7) is 9.34. The summed E-state index contributed by atoms with van der Waals surface area (Å²) >= 11 is 0. The Kier molecular flexibility index (Phi) is 9.12. The molecule has 0 radical (unpaired) electrons. The smallest absolute Gasteiger partial charge is 0.319 e. The average Bonchev–Trinajstić information content (AvgIpc) is 2.81. The predicted molar refractivity (Wildman–Crippen MR) is 138 cm³/mol. The predicted octanol–water partition coefficient (Wildman–Crippen LogP) is 3.57. The zero-order valence-corrected chi connectivity index (χ0v) is 21.3. The van der Waals surface area contributed by atoms with E-state index < -0.39 is 0 Å². The lowest BCUT2D eigenvalue weighted by molar-refractivity contribution is 0.0343. The van der Waals surface area contributed by atoms with Gasteiger partial charge in [-0.1, -0.05) is 43.3 Å². The molecule has 3 atom stereocenters. The van der Waals surface area contributed by atoms with Gasteiger partial charge in [0.05, 0.1) is 23.9 Å².